The summed E-state index contributed by atoms with van der Waals surface area (Å²) in [4.78, 5) is 0. The summed E-state index contributed by atoms with van der Waals surface area (Å²) in [5.74, 6) is 0. The zero-order valence-electron chi connectivity index (χ0n) is 52.3. The number of fused-ring (bicyclic) bond motifs is 18. The van der Waals surface area contributed by atoms with Crippen LogP contribution in [0, 0.1) is 22.7 Å². The minimum Gasteiger partial charge on any atom is -0.313 e. The predicted molar refractivity (Wildman–Crippen MR) is 392 cm³/mol. The molecule has 1 aliphatic rings. The third-order valence-electron chi connectivity index (χ3n) is 20.6. The number of aryl methyl sites for hydroxylation is 1. The van der Waals surface area contributed by atoms with Crippen LogP contribution in [-0.2, 0) is 12.6 Å². The van der Waals surface area contributed by atoms with Gasteiger partial charge in [-0.2, -0.15) is 23.7 Å². The Balaban J connectivity index is 0.934. The Morgan fingerprint density at radius 1 is 0.296 bits per heavy atom. The summed E-state index contributed by atoms with van der Waals surface area (Å²) in [5, 5.41) is 35.0. The highest BCUT2D eigenvalue weighted by atomic mass is 19.4. The number of hydrogen-bond acceptors (Lipinski definition) is 2. The molecule has 6 aromatic heterocycles. The minimum atomic E-state index is -4.93. The summed E-state index contributed by atoms with van der Waals surface area (Å²) in [5.41, 5.74) is 15.0. The Kier molecular flexibility index (Phi) is 11.7. The number of halogens is 3. The van der Waals surface area contributed by atoms with Gasteiger partial charge in [0.25, 0.3) is 0 Å². The van der Waals surface area contributed by atoms with E-state index in [0.717, 1.165) is 160 Å². The average molecular weight is 1270 g/mol. The van der Waals surface area contributed by atoms with E-state index in [1.807, 2.05) is 72.8 Å². The smallest absolute Gasteiger partial charge is 0.313 e. The summed E-state index contributed by atoms with van der Waals surface area (Å²) in [6.07, 6.45) is -1.50. The van der Waals surface area contributed by atoms with Crippen molar-refractivity contribution in [3.63, 3.8) is 0 Å². The van der Waals surface area contributed by atoms with E-state index in [9.17, 15) is 10.5 Å². The van der Waals surface area contributed by atoms with Crippen molar-refractivity contribution in [1.82, 2.24) is 27.4 Å². The van der Waals surface area contributed by atoms with Gasteiger partial charge in [0, 0.05) is 93.1 Å². The largest absolute Gasteiger partial charge is 0.417 e. The molecule has 0 amide bonds. The molecular weight excluding hydrogens is 1210 g/mol. The molecule has 0 saturated heterocycles. The molecule has 0 atom stereocenters. The second-order valence-corrected chi connectivity index (χ2v) is 25.6. The second-order valence-electron chi connectivity index (χ2n) is 25.6. The van der Waals surface area contributed by atoms with Crippen LogP contribution in [0.25, 0.3) is 171 Å². The van der Waals surface area contributed by atoms with Crippen molar-refractivity contribution in [2.24, 2.45) is 0 Å². The average Bonchev–Trinajstić information content (AvgIpc) is 1.54. The number of alkyl halides is 3. The molecule has 98 heavy (non-hydrogen) atoms. The van der Waals surface area contributed by atoms with Crippen LogP contribution in [0.2, 0.25) is 0 Å². The molecule has 0 saturated carbocycles. The molecule has 0 N–H and O–H groups in total. The van der Waals surface area contributed by atoms with Crippen molar-refractivity contribution >= 4 is 132 Å². The topological polar surface area (TPSA) is 77.2 Å². The maximum atomic E-state index is 16.5. The van der Waals surface area contributed by atoms with Crippen LogP contribution in [0.3, 0.4) is 0 Å². The lowest BCUT2D eigenvalue weighted by Crippen LogP contribution is -2.12. The van der Waals surface area contributed by atoms with E-state index in [4.69, 9.17) is 0 Å². The molecule has 0 unspecified atom stereocenters. The summed E-state index contributed by atoms with van der Waals surface area (Å²) in [6.45, 7) is 0. The SMILES string of the molecule is N#Cc1cc(-n2c3c(c4ccc(-n5c6ccccc6c6ccccc65)cc42)CCC(n2c4ccccc4c4ccccc42)=C3)c(-c2c(C#N)cccc2C(F)(F)F)cc1-n1c2cc(-n3c4ccccc4c4ccccc43)ccc2c2ccc(-n3c4ccccc4c4ccccc43)cc21. The van der Waals surface area contributed by atoms with Crippen LogP contribution in [-0.4, -0.2) is 27.4 Å². The molecule has 0 aliphatic heterocycles. The zero-order valence-corrected chi connectivity index (χ0v) is 52.3. The summed E-state index contributed by atoms with van der Waals surface area (Å²) in [6, 6.07) is 98.3. The molecule has 1 aliphatic carbocycles. The van der Waals surface area contributed by atoms with Gasteiger partial charge in [0.05, 0.1) is 101 Å². The fourth-order valence-electron chi connectivity index (χ4n) is 16.6. The molecule has 0 spiro atoms. The molecular formula is C87H51F3N8. The van der Waals surface area contributed by atoms with Gasteiger partial charge in [-0.05, 0) is 134 Å². The van der Waals surface area contributed by atoms with Crippen molar-refractivity contribution < 1.29 is 13.2 Å². The minimum absolute atomic E-state index is 0.120. The van der Waals surface area contributed by atoms with E-state index >= 15 is 13.2 Å². The van der Waals surface area contributed by atoms with Crippen molar-refractivity contribution in [2.45, 2.75) is 19.0 Å². The van der Waals surface area contributed by atoms with Gasteiger partial charge in [-0.1, -0.05) is 170 Å². The fourth-order valence-corrected chi connectivity index (χ4v) is 16.6. The van der Waals surface area contributed by atoms with Gasteiger partial charge in [-0.25, -0.2) is 0 Å². The number of hydrogen-bond donors (Lipinski definition) is 0. The Morgan fingerprint density at radius 2 is 0.653 bits per heavy atom. The maximum absolute atomic E-state index is 16.5. The van der Waals surface area contributed by atoms with E-state index in [1.165, 1.54) is 12.1 Å². The molecule has 0 fully saturated rings. The molecule has 11 heteroatoms. The number of para-hydroxylation sites is 8. The lowest BCUT2D eigenvalue weighted by Gasteiger charge is -2.24. The first-order valence-corrected chi connectivity index (χ1v) is 32.8. The van der Waals surface area contributed by atoms with Gasteiger partial charge in [0.15, 0.2) is 0 Å². The first kappa shape index (κ1) is 55.4. The van der Waals surface area contributed by atoms with Crippen molar-refractivity contribution in [3.8, 4) is 51.7 Å². The van der Waals surface area contributed by atoms with E-state index < -0.39 is 11.7 Å². The molecule has 0 bridgehead atoms. The quantitative estimate of drug-likeness (QED) is 0.159. The lowest BCUT2D eigenvalue weighted by molar-refractivity contribution is -0.137. The van der Waals surface area contributed by atoms with Gasteiger partial charge in [-0.3, -0.25) is 0 Å². The standard InChI is InChI=1S/C87H51F3N8/c88-87(89,90)71-27-17-18-52(50-91)86(71)70-49-80(97-82-45-54(93-72-28-9-1-19-58(72)59-20-2-10-29-73(59)93)36-40-66(82)67-41-37-55(46-83(67)97)94-74-30-11-3-21-60(74)61-22-4-12-31-75(61)94)53(51-92)44-81(70)98-84-47-56(95-76-32-13-5-23-62(76)63-24-6-14-33-77(63)95)38-42-68(84)69-43-39-57(48-85(69)98)96-78-34-15-7-25-64(78)65-26-8-16-35-79(65)96/h1-38,40-42,44-49H,39,43H2. The molecule has 6 heterocycles. The number of rotatable bonds is 7. The number of aromatic nitrogens is 6. The van der Waals surface area contributed by atoms with E-state index in [0.29, 0.717) is 24.2 Å². The highest BCUT2D eigenvalue weighted by molar-refractivity contribution is 6.16. The van der Waals surface area contributed by atoms with Gasteiger partial charge in [0.2, 0.25) is 0 Å². The van der Waals surface area contributed by atoms with Crippen LogP contribution < -0.4 is 0 Å². The Hall–Kier alpha value is -13.1. The van der Waals surface area contributed by atoms with Crippen LogP contribution in [0.4, 0.5) is 13.2 Å². The van der Waals surface area contributed by atoms with Crippen LogP contribution in [0.15, 0.2) is 279 Å². The fraction of sp³-hybridized carbons (Fsp3) is 0.0345. The molecule has 13 aromatic carbocycles. The van der Waals surface area contributed by atoms with Crippen LogP contribution in [0.5, 0.6) is 0 Å². The first-order chi connectivity index (χ1) is 48.2. The van der Waals surface area contributed by atoms with Crippen molar-refractivity contribution in [2.75, 3.05) is 0 Å². The third kappa shape index (κ3) is 7.81. The zero-order chi connectivity index (χ0) is 65.2. The summed E-state index contributed by atoms with van der Waals surface area (Å²) >= 11 is 0. The van der Waals surface area contributed by atoms with Crippen molar-refractivity contribution in [3.05, 3.63) is 307 Å². The highest BCUT2D eigenvalue weighted by Gasteiger charge is 2.37. The van der Waals surface area contributed by atoms with Crippen molar-refractivity contribution in [1.29, 1.82) is 10.5 Å². The van der Waals surface area contributed by atoms with E-state index in [-0.39, 0.29) is 22.3 Å². The third-order valence-corrected chi connectivity index (χ3v) is 20.6. The molecule has 460 valence electrons. The van der Waals surface area contributed by atoms with Gasteiger partial charge >= 0.3 is 6.18 Å². The lowest BCUT2D eigenvalue weighted by atomic mass is 9.91. The number of benzene rings is 13. The summed E-state index contributed by atoms with van der Waals surface area (Å²) < 4.78 is 62.8. The Morgan fingerprint density at radius 3 is 1.04 bits per heavy atom. The Labute approximate surface area is 557 Å². The highest BCUT2D eigenvalue weighted by Crippen LogP contribution is 2.49. The van der Waals surface area contributed by atoms with Crippen LogP contribution in [0.1, 0.15) is 34.4 Å². The normalized spacial score (nSPS) is 12.8. The van der Waals surface area contributed by atoms with E-state index in [2.05, 4.69) is 222 Å². The van der Waals surface area contributed by atoms with E-state index in [1.54, 1.807) is 12.1 Å². The molecule has 20 rings (SSSR count). The maximum Gasteiger partial charge on any atom is 0.417 e. The van der Waals surface area contributed by atoms with Gasteiger partial charge in [0.1, 0.15) is 6.07 Å². The molecule has 0 radical (unpaired) electrons. The Bertz CT molecular complexity index is 6450. The van der Waals surface area contributed by atoms with Gasteiger partial charge < -0.3 is 27.4 Å². The number of nitrogens with zero attached hydrogens (tertiary/aromatic N) is 8. The predicted octanol–water partition coefficient (Wildman–Crippen LogP) is 22.5. The van der Waals surface area contributed by atoms with Gasteiger partial charge in [-0.15, -0.1) is 0 Å². The molecule has 8 nitrogen and oxygen atoms in total. The first-order valence-electron chi connectivity index (χ1n) is 32.8. The number of nitriles is 2. The molecule has 19 aromatic rings. The monoisotopic (exact) mass is 1260 g/mol. The second kappa shape index (κ2) is 20.7. The summed E-state index contributed by atoms with van der Waals surface area (Å²) in [7, 11) is 0. The van der Waals surface area contributed by atoms with Crippen LogP contribution >= 0.6 is 0 Å². The number of allylic oxidation sites excluding steroid dienone is 1.